The van der Waals surface area contributed by atoms with E-state index in [2.05, 4.69) is 6.58 Å². The van der Waals surface area contributed by atoms with Gasteiger partial charge in [0.1, 0.15) is 10.1 Å². The molecule has 5 heteroatoms. The largest absolute Gasteiger partial charge is 1.00 e. The summed E-state index contributed by atoms with van der Waals surface area (Å²) in [6.45, 7) is 5.56. The Labute approximate surface area is 155 Å². The molecule has 2 aromatic carbocycles. The van der Waals surface area contributed by atoms with E-state index in [0.29, 0.717) is 17.4 Å². The average Bonchev–Trinajstić information content (AvgIpc) is 2.26. The predicted molar refractivity (Wildman–Crippen MR) is 70.4 cm³/mol. The Hall–Kier alpha value is -0.0136. The minimum atomic E-state index is -4.50. The second kappa shape index (κ2) is 6.63. The zero-order valence-electron chi connectivity index (χ0n) is 11.0. The molecule has 0 aliphatic carbocycles. The molecule has 0 amide bonds. The molecule has 2 aromatic rings. The molecule has 0 aliphatic heterocycles. The minimum Gasteiger partial charge on any atom is -0.744 e. The van der Waals surface area contributed by atoms with E-state index in [9.17, 15) is 13.0 Å². The zero-order chi connectivity index (χ0) is 13.3. The molecule has 0 atom stereocenters. The van der Waals surface area contributed by atoms with Crippen LogP contribution in [0.25, 0.3) is 10.8 Å². The van der Waals surface area contributed by atoms with Crippen LogP contribution in [0.2, 0.25) is 0 Å². The molecule has 0 unspecified atom stereocenters. The second-order valence-corrected chi connectivity index (χ2v) is 5.68. The van der Waals surface area contributed by atoms with Crippen LogP contribution in [-0.2, 0) is 16.5 Å². The van der Waals surface area contributed by atoms with Gasteiger partial charge < -0.3 is 4.55 Å². The van der Waals surface area contributed by atoms with Crippen LogP contribution in [-0.4, -0.2) is 13.0 Å². The summed E-state index contributed by atoms with van der Waals surface area (Å²) >= 11 is 0. The Morgan fingerprint density at radius 2 is 1.84 bits per heavy atom. The maximum absolute atomic E-state index is 11.5. The van der Waals surface area contributed by atoms with Crippen molar-refractivity contribution in [3.8, 4) is 0 Å². The van der Waals surface area contributed by atoms with Gasteiger partial charge in [-0.3, -0.25) is 0 Å². The molecule has 0 N–H and O–H groups in total. The Bertz CT molecular complexity index is 721. The van der Waals surface area contributed by atoms with Crippen molar-refractivity contribution in [2.24, 2.45) is 0 Å². The molecule has 0 radical (unpaired) electrons. The second-order valence-electron chi connectivity index (χ2n) is 4.36. The summed E-state index contributed by atoms with van der Waals surface area (Å²) in [6.07, 6.45) is 0.391. The van der Waals surface area contributed by atoms with Gasteiger partial charge in [-0.25, -0.2) is 8.42 Å². The SMILES string of the molecule is C=C(C)Cc1ccc2ccccc2c1S(=O)(=O)[O-].[K+]. The van der Waals surface area contributed by atoms with E-state index in [-0.39, 0.29) is 56.3 Å². The maximum Gasteiger partial charge on any atom is 1.00 e. The molecule has 0 fully saturated rings. The number of benzene rings is 2. The van der Waals surface area contributed by atoms with Crippen molar-refractivity contribution in [3.63, 3.8) is 0 Å². The molecule has 94 valence electrons. The molecular formula is C14H13KO3S. The van der Waals surface area contributed by atoms with Gasteiger partial charge in [0.25, 0.3) is 0 Å². The standard InChI is InChI=1S/C14H14O3S.K/c1-10(2)9-12-8-7-11-5-3-4-6-13(11)14(12)18(15,16)17;/h3-8H,1,9H2,2H3,(H,15,16,17);/q;+1/p-1. The molecule has 0 aliphatic rings. The van der Waals surface area contributed by atoms with Crippen molar-refractivity contribution in [2.75, 3.05) is 0 Å². The molecule has 3 nitrogen and oxygen atoms in total. The molecule has 0 aromatic heterocycles. The van der Waals surface area contributed by atoms with Gasteiger partial charge in [0.15, 0.2) is 0 Å². The van der Waals surface area contributed by atoms with Crippen LogP contribution in [0.5, 0.6) is 0 Å². The summed E-state index contributed by atoms with van der Waals surface area (Å²) in [5.41, 5.74) is 1.33. The summed E-state index contributed by atoms with van der Waals surface area (Å²) < 4.78 is 34.4. The number of rotatable bonds is 3. The maximum atomic E-state index is 11.5. The van der Waals surface area contributed by atoms with Gasteiger partial charge in [0.05, 0.1) is 4.90 Å². The minimum absolute atomic E-state index is 0. The summed E-state index contributed by atoms with van der Waals surface area (Å²) in [5, 5.41) is 1.23. The van der Waals surface area contributed by atoms with E-state index < -0.39 is 10.1 Å². The zero-order valence-corrected chi connectivity index (χ0v) is 15.0. The van der Waals surface area contributed by atoms with E-state index in [1.807, 2.05) is 12.1 Å². The summed E-state index contributed by atoms with van der Waals surface area (Å²) in [6, 6.07) is 10.5. The fraction of sp³-hybridized carbons (Fsp3) is 0.143. The first-order valence-corrected chi connectivity index (χ1v) is 6.91. The van der Waals surface area contributed by atoms with Crippen LogP contribution in [0, 0.1) is 0 Å². The van der Waals surface area contributed by atoms with Crippen LogP contribution >= 0.6 is 0 Å². The van der Waals surface area contributed by atoms with Crippen molar-refractivity contribution < 1.29 is 64.4 Å². The molecule has 0 saturated heterocycles. The Kier molecular flexibility index (Phi) is 5.94. The first kappa shape index (κ1) is 17.0. The fourth-order valence-corrected chi connectivity index (χ4v) is 2.96. The quantitative estimate of drug-likeness (QED) is 0.451. The summed E-state index contributed by atoms with van der Waals surface area (Å²) in [7, 11) is -4.50. The molecule has 0 bridgehead atoms. The monoisotopic (exact) mass is 300 g/mol. The van der Waals surface area contributed by atoms with Gasteiger partial charge in [-0.05, 0) is 29.7 Å². The Balaban J connectivity index is 0.00000180. The van der Waals surface area contributed by atoms with E-state index >= 15 is 0 Å². The van der Waals surface area contributed by atoms with Crippen LogP contribution in [0.3, 0.4) is 0 Å². The van der Waals surface area contributed by atoms with E-state index in [0.717, 1.165) is 11.0 Å². The van der Waals surface area contributed by atoms with Gasteiger partial charge in [-0.15, -0.1) is 0 Å². The van der Waals surface area contributed by atoms with E-state index in [1.165, 1.54) is 0 Å². The number of hydrogen-bond donors (Lipinski definition) is 0. The van der Waals surface area contributed by atoms with Gasteiger partial charge in [0, 0.05) is 0 Å². The van der Waals surface area contributed by atoms with Crippen molar-refractivity contribution in [1.29, 1.82) is 0 Å². The van der Waals surface area contributed by atoms with Gasteiger partial charge >= 0.3 is 51.4 Å². The normalized spacial score (nSPS) is 11.1. The van der Waals surface area contributed by atoms with Crippen LogP contribution in [0.1, 0.15) is 12.5 Å². The van der Waals surface area contributed by atoms with Crippen molar-refractivity contribution in [3.05, 3.63) is 54.1 Å². The molecule has 0 heterocycles. The van der Waals surface area contributed by atoms with Gasteiger partial charge in [-0.2, -0.15) is 0 Å². The first-order valence-electron chi connectivity index (χ1n) is 5.50. The van der Waals surface area contributed by atoms with Crippen LogP contribution in [0.15, 0.2) is 53.4 Å². The average molecular weight is 300 g/mol. The molecular weight excluding hydrogens is 287 g/mol. The van der Waals surface area contributed by atoms with Crippen LogP contribution in [0.4, 0.5) is 0 Å². The topological polar surface area (TPSA) is 57.2 Å². The fourth-order valence-electron chi connectivity index (χ4n) is 2.05. The predicted octanol–water partition coefficient (Wildman–Crippen LogP) is -0.134. The number of hydrogen-bond acceptors (Lipinski definition) is 3. The number of fused-ring (bicyclic) bond motifs is 1. The summed E-state index contributed by atoms with van der Waals surface area (Å²) in [4.78, 5) is -0.122. The number of allylic oxidation sites excluding steroid dienone is 1. The van der Waals surface area contributed by atoms with E-state index in [1.54, 1.807) is 31.2 Å². The third-order valence-electron chi connectivity index (χ3n) is 2.70. The first-order chi connectivity index (χ1) is 8.39. The molecule has 19 heavy (non-hydrogen) atoms. The molecule has 2 rings (SSSR count). The van der Waals surface area contributed by atoms with Crippen LogP contribution < -0.4 is 51.4 Å². The van der Waals surface area contributed by atoms with Gasteiger partial charge in [-0.1, -0.05) is 48.6 Å². The molecule has 0 spiro atoms. The van der Waals surface area contributed by atoms with Crippen molar-refractivity contribution in [1.82, 2.24) is 0 Å². The smallest absolute Gasteiger partial charge is 0.744 e. The third kappa shape index (κ3) is 3.98. The third-order valence-corrected chi connectivity index (χ3v) is 3.69. The summed E-state index contributed by atoms with van der Waals surface area (Å²) in [5.74, 6) is 0. The van der Waals surface area contributed by atoms with Gasteiger partial charge in [0.2, 0.25) is 0 Å². The Morgan fingerprint density at radius 3 is 2.42 bits per heavy atom. The van der Waals surface area contributed by atoms with E-state index in [4.69, 9.17) is 0 Å². The van der Waals surface area contributed by atoms with Crippen molar-refractivity contribution >= 4 is 20.9 Å². The van der Waals surface area contributed by atoms with Crippen molar-refractivity contribution in [2.45, 2.75) is 18.2 Å². The molecule has 0 saturated carbocycles. The Morgan fingerprint density at radius 1 is 1.21 bits per heavy atom.